The predicted molar refractivity (Wildman–Crippen MR) is 81.2 cm³/mol. The fraction of sp³-hybridized carbons (Fsp3) is 0.214. The number of carbonyl (C=O) groups excluding carboxylic acids is 1. The maximum absolute atomic E-state index is 11.6. The van der Waals surface area contributed by atoms with Gasteiger partial charge in [0.15, 0.2) is 22.5 Å². The average molecular weight is 307 g/mol. The second kappa shape index (κ2) is 6.90. The van der Waals surface area contributed by atoms with Gasteiger partial charge in [-0.2, -0.15) is 0 Å². The minimum Gasteiger partial charge on any atom is -0.461 e. The van der Waals surface area contributed by atoms with Crippen LogP contribution >= 0.6 is 11.6 Å². The Kier molecular flexibility index (Phi) is 4.94. The van der Waals surface area contributed by atoms with Crippen molar-refractivity contribution in [1.29, 1.82) is 0 Å². The molecule has 0 saturated heterocycles. The SMILES string of the molecule is CCOC(=O)c1nc(Cl)c(NCc2ccccc2)nc1N. The summed E-state index contributed by atoms with van der Waals surface area (Å²) in [6.45, 7) is 2.44. The van der Waals surface area contributed by atoms with Gasteiger partial charge in [0, 0.05) is 6.54 Å². The number of anilines is 2. The highest BCUT2D eigenvalue weighted by atomic mass is 35.5. The van der Waals surface area contributed by atoms with E-state index in [0.29, 0.717) is 12.4 Å². The Morgan fingerprint density at radius 3 is 2.71 bits per heavy atom. The summed E-state index contributed by atoms with van der Waals surface area (Å²) in [6, 6.07) is 9.72. The highest BCUT2D eigenvalue weighted by molar-refractivity contribution is 6.31. The van der Waals surface area contributed by atoms with E-state index in [4.69, 9.17) is 22.1 Å². The zero-order valence-corrected chi connectivity index (χ0v) is 12.2. The van der Waals surface area contributed by atoms with Crippen LogP contribution in [-0.4, -0.2) is 22.5 Å². The number of nitrogens with one attached hydrogen (secondary N) is 1. The topological polar surface area (TPSA) is 90.1 Å². The van der Waals surface area contributed by atoms with Crippen LogP contribution in [0.4, 0.5) is 11.6 Å². The molecule has 1 heterocycles. The van der Waals surface area contributed by atoms with E-state index < -0.39 is 5.97 Å². The molecule has 2 rings (SSSR count). The molecule has 0 amide bonds. The van der Waals surface area contributed by atoms with E-state index in [-0.39, 0.29) is 23.3 Å². The van der Waals surface area contributed by atoms with Gasteiger partial charge in [-0.1, -0.05) is 41.9 Å². The number of rotatable bonds is 5. The van der Waals surface area contributed by atoms with Gasteiger partial charge in [0.25, 0.3) is 0 Å². The van der Waals surface area contributed by atoms with Crippen LogP contribution in [0.15, 0.2) is 30.3 Å². The molecule has 0 atom stereocenters. The van der Waals surface area contributed by atoms with Gasteiger partial charge in [-0.15, -0.1) is 0 Å². The van der Waals surface area contributed by atoms with Crippen molar-refractivity contribution in [2.75, 3.05) is 17.7 Å². The van der Waals surface area contributed by atoms with Crippen LogP contribution in [0.5, 0.6) is 0 Å². The lowest BCUT2D eigenvalue weighted by molar-refractivity contribution is 0.0520. The van der Waals surface area contributed by atoms with E-state index >= 15 is 0 Å². The molecule has 6 nitrogen and oxygen atoms in total. The average Bonchev–Trinajstić information content (AvgIpc) is 2.49. The third-order valence-corrected chi connectivity index (χ3v) is 2.92. The minimum atomic E-state index is -0.640. The Morgan fingerprint density at radius 2 is 2.05 bits per heavy atom. The summed E-state index contributed by atoms with van der Waals surface area (Å²) in [5.41, 5.74) is 6.70. The van der Waals surface area contributed by atoms with Gasteiger partial charge < -0.3 is 15.8 Å². The summed E-state index contributed by atoms with van der Waals surface area (Å²) in [4.78, 5) is 19.6. The van der Waals surface area contributed by atoms with Crippen molar-refractivity contribution in [3.63, 3.8) is 0 Å². The van der Waals surface area contributed by atoms with Crippen LogP contribution in [0.1, 0.15) is 23.0 Å². The zero-order valence-electron chi connectivity index (χ0n) is 11.5. The number of hydrogen-bond acceptors (Lipinski definition) is 6. The Balaban J connectivity index is 2.14. The molecule has 0 aliphatic heterocycles. The molecule has 21 heavy (non-hydrogen) atoms. The summed E-state index contributed by atoms with van der Waals surface area (Å²) in [5.74, 6) is -0.335. The molecule has 0 bridgehead atoms. The molecule has 0 saturated carbocycles. The molecule has 0 aliphatic carbocycles. The minimum absolute atomic E-state index is 0.0200. The molecule has 110 valence electrons. The van der Waals surface area contributed by atoms with Gasteiger partial charge in [-0.3, -0.25) is 0 Å². The maximum atomic E-state index is 11.6. The molecule has 0 unspecified atom stereocenters. The molecule has 1 aromatic carbocycles. The van der Waals surface area contributed by atoms with Crippen LogP contribution in [0.3, 0.4) is 0 Å². The normalized spacial score (nSPS) is 10.2. The number of esters is 1. The molecule has 3 N–H and O–H groups in total. The first-order chi connectivity index (χ1) is 10.1. The maximum Gasteiger partial charge on any atom is 0.360 e. The molecular formula is C14H15ClN4O2. The van der Waals surface area contributed by atoms with Crippen LogP contribution in [0.25, 0.3) is 0 Å². The molecule has 7 heteroatoms. The Labute approximate surface area is 127 Å². The number of carbonyl (C=O) groups is 1. The van der Waals surface area contributed by atoms with Gasteiger partial charge in [-0.05, 0) is 12.5 Å². The van der Waals surface area contributed by atoms with Gasteiger partial charge in [-0.25, -0.2) is 14.8 Å². The lowest BCUT2D eigenvalue weighted by Gasteiger charge is -2.10. The molecule has 0 aliphatic rings. The number of ether oxygens (including phenoxy) is 1. The van der Waals surface area contributed by atoms with Crippen molar-refractivity contribution in [3.05, 3.63) is 46.7 Å². The third kappa shape index (κ3) is 3.82. The molecule has 0 radical (unpaired) electrons. The Hall–Kier alpha value is -2.34. The number of benzene rings is 1. The van der Waals surface area contributed by atoms with Crippen LogP contribution < -0.4 is 11.1 Å². The fourth-order valence-corrected chi connectivity index (χ4v) is 1.87. The van der Waals surface area contributed by atoms with Crippen molar-refractivity contribution in [1.82, 2.24) is 9.97 Å². The zero-order chi connectivity index (χ0) is 15.2. The quantitative estimate of drug-likeness (QED) is 0.825. The summed E-state index contributed by atoms with van der Waals surface area (Å²) in [5, 5.41) is 3.10. The van der Waals surface area contributed by atoms with Crippen LogP contribution in [0, 0.1) is 0 Å². The molecule has 0 fully saturated rings. The molecular weight excluding hydrogens is 292 g/mol. The van der Waals surface area contributed by atoms with E-state index in [0.717, 1.165) is 5.56 Å². The number of nitrogens with two attached hydrogens (primary N) is 1. The second-order valence-electron chi connectivity index (χ2n) is 4.16. The van der Waals surface area contributed by atoms with E-state index in [1.54, 1.807) is 6.92 Å². The number of nitrogens with zero attached hydrogens (tertiary/aromatic N) is 2. The van der Waals surface area contributed by atoms with E-state index in [1.807, 2.05) is 30.3 Å². The Morgan fingerprint density at radius 1 is 1.33 bits per heavy atom. The number of aromatic nitrogens is 2. The van der Waals surface area contributed by atoms with Crippen molar-refractivity contribution in [2.45, 2.75) is 13.5 Å². The first-order valence-corrected chi connectivity index (χ1v) is 6.77. The molecule has 2 aromatic rings. The third-order valence-electron chi connectivity index (χ3n) is 2.65. The first kappa shape index (κ1) is 15.1. The van der Waals surface area contributed by atoms with E-state index in [1.165, 1.54) is 0 Å². The van der Waals surface area contributed by atoms with Gasteiger partial charge in [0.2, 0.25) is 0 Å². The van der Waals surface area contributed by atoms with Gasteiger partial charge >= 0.3 is 5.97 Å². The van der Waals surface area contributed by atoms with Gasteiger partial charge in [0.05, 0.1) is 6.61 Å². The van der Waals surface area contributed by atoms with E-state index in [9.17, 15) is 4.79 Å². The van der Waals surface area contributed by atoms with Gasteiger partial charge in [0.1, 0.15) is 0 Å². The molecule has 0 spiro atoms. The van der Waals surface area contributed by atoms with Crippen LogP contribution in [-0.2, 0) is 11.3 Å². The van der Waals surface area contributed by atoms with Crippen molar-refractivity contribution >= 4 is 29.2 Å². The first-order valence-electron chi connectivity index (χ1n) is 6.39. The highest BCUT2D eigenvalue weighted by Gasteiger charge is 2.17. The lowest BCUT2D eigenvalue weighted by atomic mass is 10.2. The smallest absolute Gasteiger partial charge is 0.360 e. The summed E-state index contributed by atoms with van der Waals surface area (Å²) in [7, 11) is 0. The van der Waals surface area contributed by atoms with E-state index in [2.05, 4.69) is 15.3 Å². The largest absolute Gasteiger partial charge is 0.461 e. The lowest BCUT2D eigenvalue weighted by Crippen LogP contribution is -2.14. The van der Waals surface area contributed by atoms with Crippen molar-refractivity contribution < 1.29 is 9.53 Å². The highest BCUT2D eigenvalue weighted by Crippen LogP contribution is 2.21. The number of nitrogen functional groups attached to an aromatic ring is 1. The summed E-state index contributed by atoms with van der Waals surface area (Å²) in [6.07, 6.45) is 0. The summed E-state index contributed by atoms with van der Waals surface area (Å²) < 4.78 is 4.83. The van der Waals surface area contributed by atoms with Crippen molar-refractivity contribution in [2.24, 2.45) is 0 Å². The monoisotopic (exact) mass is 306 g/mol. The number of halogens is 1. The van der Waals surface area contributed by atoms with Crippen LogP contribution in [0.2, 0.25) is 5.15 Å². The summed E-state index contributed by atoms with van der Waals surface area (Å²) >= 11 is 6.01. The number of hydrogen-bond donors (Lipinski definition) is 2. The predicted octanol–water partition coefficient (Wildman–Crippen LogP) is 2.50. The Bertz CT molecular complexity index is 634. The van der Waals surface area contributed by atoms with Crippen molar-refractivity contribution in [3.8, 4) is 0 Å². The molecule has 1 aromatic heterocycles. The fourth-order valence-electron chi connectivity index (χ4n) is 1.67. The second-order valence-corrected chi connectivity index (χ2v) is 4.51. The standard InChI is InChI=1S/C14H15ClN4O2/c1-2-21-14(20)10-12(16)19-13(11(15)18-10)17-8-9-6-4-3-5-7-9/h3-7H,2,8H2,1H3,(H3,16,17,19).